The van der Waals surface area contributed by atoms with E-state index in [9.17, 15) is 13.2 Å². The van der Waals surface area contributed by atoms with Crippen molar-refractivity contribution in [2.24, 2.45) is 0 Å². The number of hydrogen-bond donors (Lipinski definition) is 3. The lowest BCUT2D eigenvalue weighted by Gasteiger charge is -2.17. The highest BCUT2D eigenvalue weighted by Crippen LogP contribution is 2.33. The van der Waals surface area contributed by atoms with E-state index in [-0.39, 0.29) is 4.90 Å². The summed E-state index contributed by atoms with van der Waals surface area (Å²) in [5.41, 5.74) is 3.60. The molecule has 0 spiro atoms. The van der Waals surface area contributed by atoms with Gasteiger partial charge in [-0.3, -0.25) is 10.0 Å². The van der Waals surface area contributed by atoms with E-state index in [0.29, 0.717) is 11.1 Å². The summed E-state index contributed by atoms with van der Waals surface area (Å²) in [5, 5.41) is 9.95. The molecule has 0 radical (unpaired) electrons. The average molecular weight is 400 g/mol. The van der Waals surface area contributed by atoms with E-state index in [1.54, 1.807) is 36.4 Å². The van der Waals surface area contributed by atoms with E-state index in [0.717, 1.165) is 42.4 Å². The largest absolute Gasteiger partial charge is 0.461 e. The first-order chi connectivity index (χ1) is 13.5. The number of carbonyl (C=O) groups excluding carboxylic acids is 1. The van der Waals surface area contributed by atoms with Crippen LogP contribution in [0.4, 0.5) is 0 Å². The SMILES string of the molecule is O=C(NO)[C@H](NS(=O)(=O)c1ccc2c3c(oc2c1)CCCC3)c1ccccc1. The van der Waals surface area contributed by atoms with Gasteiger partial charge in [-0.1, -0.05) is 30.3 Å². The van der Waals surface area contributed by atoms with E-state index in [1.165, 1.54) is 17.6 Å². The maximum atomic E-state index is 12.9. The number of aryl methyl sites for hydroxylation is 2. The van der Waals surface area contributed by atoms with Crippen LogP contribution < -0.4 is 10.2 Å². The number of sulfonamides is 1. The molecule has 2 aromatic carbocycles. The Kier molecular flexibility index (Phi) is 4.92. The topological polar surface area (TPSA) is 109 Å². The van der Waals surface area contributed by atoms with Gasteiger partial charge in [0.15, 0.2) is 0 Å². The zero-order chi connectivity index (χ0) is 19.7. The average Bonchev–Trinajstić information content (AvgIpc) is 3.10. The lowest BCUT2D eigenvalue weighted by molar-refractivity contribution is -0.131. The molecule has 1 aliphatic carbocycles. The predicted molar refractivity (Wildman–Crippen MR) is 102 cm³/mol. The van der Waals surface area contributed by atoms with Crippen molar-refractivity contribution in [1.29, 1.82) is 0 Å². The summed E-state index contributed by atoms with van der Waals surface area (Å²) in [6, 6.07) is 11.8. The highest BCUT2D eigenvalue weighted by Gasteiger charge is 2.28. The minimum atomic E-state index is -4.04. The molecule has 3 aromatic rings. The van der Waals surface area contributed by atoms with Crippen molar-refractivity contribution in [3.8, 4) is 0 Å². The Bertz CT molecular complexity index is 1120. The van der Waals surface area contributed by atoms with Crippen LogP contribution in [0, 0.1) is 0 Å². The van der Waals surface area contributed by atoms with E-state index in [1.807, 2.05) is 0 Å². The van der Waals surface area contributed by atoms with E-state index < -0.39 is 22.0 Å². The molecule has 1 amide bonds. The molecule has 0 aliphatic heterocycles. The van der Waals surface area contributed by atoms with Crippen LogP contribution in [0.3, 0.4) is 0 Å². The van der Waals surface area contributed by atoms with Crippen LogP contribution in [-0.2, 0) is 27.7 Å². The summed E-state index contributed by atoms with van der Waals surface area (Å²) >= 11 is 0. The van der Waals surface area contributed by atoms with Gasteiger partial charge in [-0.15, -0.1) is 0 Å². The second kappa shape index (κ2) is 7.38. The van der Waals surface area contributed by atoms with Crippen molar-refractivity contribution in [3.63, 3.8) is 0 Å². The monoisotopic (exact) mass is 400 g/mol. The summed E-state index contributed by atoms with van der Waals surface area (Å²) in [6.45, 7) is 0. The number of furan rings is 1. The molecule has 4 rings (SSSR count). The number of hydrogen-bond acceptors (Lipinski definition) is 5. The molecule has 1 atom stereocenters. The first-order valence-corrected chi connectivity index (χ1v) is 10.5. The normalized spacial score (nSPS) is 15.2. The van der Waals surface area contributed by atoms with E-state index >= 15 is 0 Å². The smallest absolute Gasteiger partial charge is 0.266 e. The van der Waals surface area contributed by atoms with Gasteiger partial charge in [-0.05, 0) is 37.0 Å². The van der Waals surface area contributed by atoms with Crippen LogP contribution in [0.5, 0.6) is 0 Å². The molecule has 28 heavy (non-hydrogen) atoms. The zero-order valence-electron chi connectivity index (χ0n) is 15.0. The molecule has 0 bridgehead atoms. The number of rotatable bonds is 5. The Labute approximate surface area is 162 Å². The zero-order valence-corrected chi connectivity index (χ0v) is 15.8. The second-order valence-electron chi connectivity index (χ2n) is 6.81. The highest BCUT2D eigenvalue weighted by molar-refractivity contribution is 7.89. The van der Waals surface area contributed by atoms with Crippen molar-refractivity contribution in [2.75, 3.05) is 0 Å². The Hall–Kier alpha value is -2.68. The van der Waals surface area contributed by atoms with Gasteiger partial charge in [0, 0.05) is 23.4 Å². The lowest BCUT2D eigenvalue weighted by atomic mass is 9.96. The molecular weight excluding hydrogens is 380 g/mol. The molecular formula is C20H20N2O5S. The Morgan fingerprint density at radius 2 is 1.82 bits per heavy atom. The molecule has 3 N–H and O–H groups in total. The minimum absolute atomic E-state index is 0.00207. The van der Waals surface area contributed by atoms with Gasteiger partial charge in [0.2, 0.25) is 10.0 Å². The van der Waals surface area contributed by atoms with E-state index in [4.69, 9.17) is 9.62 Å². The molecule has 1 heterocycles. The maximum Gasteiger partial charge on any atom is 0.266 e. The summed E-state index contributed by atoms with van der Waals surface area (Å²) in [5.74, 6) is 0.0508. The first kappa shape index (κ1) is 18.7. The highest BCUT2D eigenvalue weighted by atomic mass is 32.2. The summed E-state index contributed by atoms with van der Waals surface area (Å²) in [7, 11) is -4.04. The molecule has 0 unspecified atom stereocenters. The van der Waals surface area contributed by atoms with Crippen molar-refractivity contribution in [1.82, 2.24) is 10.2 Å². The number of benzene rings is 2. The van der Waals surface area contributed by atoms with Gasteiger partial charge >= 0.3 is 0 Å². The van der Waals surface area contributed by atoms with Crippen LogP contribution in [0.15, 0.2) is 57.8 Å². The number of fused-ring (bicyclic) bond motifs is 3. The molecule has 8 heteroatoms. The Morgan fingerprint density at radius 3 is 2.57 bits per heavy atom. The molecule has 7 nitrogen and oxygen atoms in total. The van der Waals surface area contributed by atoms with Crippen molar-refractivity contribution in [2.45, 2.75) is 36.6 Å². The minimum Gasteiger partial charge on any atom is -0.461 e. The quantitative estimate of drug-likeness (QED) is 0.451. The first-order valence-electron chi connectivity index (χ1n) is 9.05. The van der Waals surface area contributed by atoms with Gasteiger partial charge in [-0.25, -0.2) is 13.9 Å². The molecule has 0 saturated heterocycles. The Morgan fingerprint density at radius 1 is 1.07 bits per heavy atom. The van der Waals surface area contributed by atoms with Crippen LogP contribution >= 0.6 is 0 Å². The van der Waals surface area contributed by atoms with Gasteiger partial charge in [0.1, 0.15) is 17.4 Å². The van der Waals surface area contributed by atoms with Gasteiger partial charge in [0.25, 0.3) is 5.91 Å². The standard InChI is InChI=1S/C20H20N2O5S/c23-20(21-24)19(13-6-2-1-3-7-13)22-28(25,26)14-10-11-16-15-8-4-5-9-17(15)27-18(16)12-14/h1-3,6-7,10-12,19,22,24H,4-5,8-9H2,(H,21,23)/t19-/m1/s1. The molecule has 0 fully saturated rings. The fourth-order valence-electron chi connectivity index (χ4n) is 3.62. The van der Waals surface area contributed by atoms with Crippen molar-refractivity contribution >= 4 is 26.9 Å². The number of hydroxylamine groups is 1. The predicted octanol–water partition coefficient (Wildman–Crippen LogP) is 2.84. The fourth-order valence-corrected chi connectivity index (χ4v) is 4.82. The van der Waals surface area contributed by atoms with Crippen molar-refractivity contribution < 1.29 is 22.8 Å². The van der Waals surface area contributed by atoms with Gasteiger partial charge < -0.3 is 4.42 Å². The third-order valence-corrected chi connectivity index (χ3v) is 6.44. The maximum absolute atomic E-state index is 12.9. The third-order valence-electron chi connectivity index (χ3n) is 5.02. The number of carbonyl (C=O) groups is 1. The van der Waals surface area contributed by atoms with Crippen LogP contribution in [-0.4, -0.2) is 19.5 Å². The molecule has 1 aliphatic rings. The lowest BCUT2D eigenvalue weighted by Crippen LogP contribution is -2.39. The van der Waals surface area contributed by atoms with Crippen LogP contribution in [0.25, 0.3) is 11.0 Å². The molecule has 0 saturated carbocycles. The molecule has 1 aromatic heterocycles. The summed E-state index contributed by atoms with van der Waals surface area (Å²) in [4.78, 5) is 12.1. The number of nitrogens with one attached hydrogen (secondary N) is 2. The summed E-state index contributed by atoms with van der Waals surface area (Å²) in [6.07, 6.45) is 3.95. The molecule has 146 valence electrons. The van der Waals surface area contributed by atoms with Crippen molar-refractivity contribution in [3.05, 3.63) is 65.4 Å². The van der Waals surface area contributed by atoms with Gasteiger partial charge in [-0.2, -0.15) is 4.72 Å². The Balaban J connectivity index is 1.69. The second-order valence-corrected chi connectivity index (χ2v) is 8.52. The van der Waals surface area contributed by atoms with Crippen LogP contribution in [0.2, 0.25) is 0 Å². The fraction of sp³-hybridized carbons (Fsp3) is 0.250. The third kappa shape index (κ3) is 3.42. The van der Waals surface area contributed by atoms with E-state index in [2.05, 4.69) is 4.72 Å². The number of amides is 1. The summed E-state index contributed by atoms with van der Waals surface area (Å²) < 4.78 is 34.1. The van der Waals surface area contributed by atoms with Crippen LogP contribution in [0.1, 0.15) is 35.8 Å². The van der Waals surface area contributed by atoms with Gasteiger partial charge in [0.05, 0.1) is 4.90 Å².